The number of hydrogen-bond donors (Lipinski definition) is 3. The molecule has 2 aromatic carbocycles. The number of amides is 1. The van der Waals surface area contributed by atoms with E-state index in [1.54, 1.807) is 24.4 Å². The second-order valence-corrected chi connectivity index (χ2v) is 6.92. The summed E-state index contributed by atoms with van der Waals surface area (Å²) < 4.78 is 34.2. The molecular weight excluding hydrogens is 438 g/mol. The summed E-state index contributed by atoms with van der Waals surface area (Å²) in [5, 5.41) is 9.43. The lowest BCUT2D eigenvalue weighted by Crippen LogP contribution is -2.13. The molecule has 0 saturated heterocycles. The number of pyridine rings is 1. The predicted octanol–water partition coefficient (Wildman–Crippen LogP) is 6.44. The van der Waals surface area contributed by atoms with Crippen molar-refractivity contribution < 1.29 is 18.3 Å². The van der Waals surface area contributed by atoms with E-state index < -0.39 is 17.5 Å². The number of halogens is 2. The molecule has 4 aromatic rings. The van der Waals surface area contributed by atoms with E-state index in [0.29, 0.717) is 17.8 Å². The van der Waals surface area contributed by atoms with Gasteiger partial charge in [0.2, 0.25) is 0 Å². The van der Waals surface area contributed by atoms with Gasteiger partial charge in [0.05, 0.1) is 10.9 Å². The molecule has 0 aliphatic carbocycles. The fraction of sp³-hybridized carbons (Fsp3) is 0.0385. The third-order valence-electron chi connectivity index (χ3n) is 4.63. The van der Waals surface area contributed by atoms with Gasteiger partial charge < -0.3 is 20.4 Å². The zero-order chi connectivity index (χ0) is 24.5. The molecule has 1 amide bonds. The highest BCUT2D eigenvalue weighted by atomic mass is 19.1. The summed E-state index contributed by atoms with van der Waals surface area (Å²) >= 11 is 0. The fourth-order valence-corrected chi connectivity index (χ4v) is 3.12. The maximum atomic E-state index is 14.7. The average Bonchev–Trinajstić information content (AvgIpc) is 3.25. The van der Waals surface area contributed by atoms with Crippen molar-refractivity contribution in [2.45, 2.75) is 6.42 Å². The summed E-state index contributed by atoms with van der Waals surface area (Å²) in [6.07, 6.45) is 8.29. The van der Waals surface area contributed by atoms with Gasteiger partial charge >= 0.3 is 0 Å². The molecule has 8 heteroatoms. The molecule has 0 fully saturated rings. The molecule has 0 unspecified atom stereocenters. The Balaban J connectivity index is 0.000000751. The third-order valence-corrected chi connectivity index (χ3v) is 4.63. The minimum Gasteiger partial charge on any atom is -0.453 e. The molecule has 0 atom stereocenters. The Morgan fingerprint density at radius 2 is 1.88 bits per heavy atom. The van der Waals surface area contributed by atoms with Gasteiger partial charge in [0.25, 0.3) is 5.91 Å². The number of fused-ring (bicyclic) bond motifs is 1. The number of carbonyl (C=O) groups excluding carboxylic acids is 1. The van der Waals surface area contributed by atoms with Gasteiger partial charge in [-0.15, -0.1) is 6.58 Å². The van der Waals surface area contributed by atoms with Crippen molar-refractivity contribution in [3.8, 4) is 11.5 Å². The Bertz CT molecular complexity index is 1340. The Hall–Kier alpha value is -4.59. The number of ether oxygens (including phenoxy) is 1. The largest absolute Gasteiger partial charge is 0.453 e. The first kappa shape index (κ1) is 24.1. The highest BCUT2D eigenvalue weighted by Gasteiger charge is 2.15. The van der Waals surface area contributed by atoms with Crippen molar-refractivity contribution in [3.63, 3.8) is 0 Å². The number of nitrogens with one attached hydrogen (secondary N) is 3. The predicted molar refractivity (Wildman–Crippen MR) is 130 cm³/mol. The minimum absolute atomic E-state index is 0.0165. The lowest BCUT2D eigenvalue weighted by Gasteiger charge is -2.11. The molecule has 0 saturated carbocycles. The van der Waals surface area contributed by atoms with Gasteiger partial charge in [-0.3, -0.25) is 4.79 Å². The fourth-order valence-electron chi connectivity index (χ4n) is 3.12. The molecular formula is C26H22F2N4O2. The lowest BCUT2D eigenvalue weighted by atomic mass is 10.1. The van der Waals surface area contributed by atoms with Crippen LogP contribution in [0.25, 0.3) is 11.0 Å². The van der Waals surface area contributed by atoms with E-state index in [4.69, 9.17) is 10.1 Å². The van der Waals surface area contributed by atoms with Crippen LogP contribution >= 0.6 is 0 Å². The van der Waals surface area contributed by atoms with Crippen LogP contribution in [0.1, 0.15) is 15.9 Å². The molecule has 34 heavy (non-hydrogen) atoms. The molecule has 4 rings (SSSR count). The average molecular weight is 460 g/mol. The summed E-state index contributed by atoms with van der Waals surface area (Å²) in [6, 6.07) is 11.2. The number of aromatic nitrogens is 2. The van der Waals surface area contributed by atoms with Crippen LogP contribution in [0.2, 0.25) is 0 Å². The third kappa shape index (κ3) is 5.60. The van der Waals surface area contributed by atoms with Crippen LogP contribution in [0, 0.1) is 17.0 Å². The van der Waals surface area contributed by atoms with Crippen molar-refractivity contribution in [1.29, 1.82) is 5.41 Å². The quantitative estimate of drug-likeness (QED) is 0.219. The van der Waals surface area contributed by atoms with Crippen LogP contribution in [-0.4, -0.2) is 22.1 Å². The first-order valence-electron chi connectivity index (χ1n) is 10.2. The molecule has 2 heterocycles. The number of benzene rings is 2. The normalized spacial score (nSPS) is 10.1. The number of anilines is 1. The van der Waals surface area contributed by atoms with Gasteiger partial charge in [0.1, 0.15) is 17.2 Å². The molecule has 0 radical (unpaired) electrons. The van der Waals surface area contributed by atoms with Crippen molar-refractivity contribution in [2.75, 3.05) is 5.32 Å². The zero-order valence-electron chi connectivity index (χ0n) is 18.1. The Labute approximate surface area is 195 Å². The van der Waals surface area contributed by atoms with E-state index >= 15 is 0 Å². The molecule has 0 spiro atoms. The van der Waals surface area contributed by atoms with Crippen LogP contribution in [-0.2, 0) is 6.42 Å². The second-order valence-electron chi connectivity index (χ2n) is 6.92. The van der Waals surface area contributed by atoms with Crippen LogP contribution in [0.5, 0.6) is 11.5 Å². The molecule has 172 valence electrons. The minimum atomic E-state index is -0.674. The van der Waals surface area contributed by atoms with E-state index in [-0.39, 0.29) is 17.0 Å². The number of H-pyrrole nitrogens is 1. The second kappa shape index (κ2) is 11.3. The van der Waals surface area contributed by atoms with Gasteiger partial charge in [-0.1, -0.05) is 30.9 Å². The monoisotopic (exact) mass is 460 g/mol. The Kier molecular flexibility index (Phi) is 8.02. The Morgan fingerprint density at radius 1 is 1.12 bits per heavy atom. The summed E-state index contributed by atoms with van der Waals surface area (Å²) in [7, 11) is 0. The number of nitrogens with zero attached hydrogens (tertiary/aromatic N) is 1. The van der Waals surface area contributed by atoms with Gasteiger partial charge in [0, 0.05) is 30.4 Å². The van der Waals surface area contributed by atoms with E-state index in [0.717, 1.165) is 23.2 Å². The van der Waals surface area contributed by atoms with Crippen LogP contribution in [0.4, 0.5) is 14.5 Å². The maximum Gasteiger partial charge on any atom is 0.258 e. The number of hydrogen-bond acceptors (Lipinski definition) is 4. The zero-order valence-corrected chi connectivity index (χ0v) is 18.1. The highest BCUT2D eigenvalue weighted by molar-refractivity contribution is 6.04. The van der Waals surface area contributed by atoms with Gasteiger partial charge in [-0.05, 0) is 42.3 Å². The van der Waals surface area contributed by atoms with Crippen molar-refractivity contribution >= 4 is 28.8 Å². The van der Waals surface area contributed by atoms with Gasteiger partial charge in [0.15, 0.2) is 11.6 Å². The summed E-state index contributed by atoms with van der Waals surface area (Å²) in [5.41, 5.74) is 1.61. The van der Waals surface area contributed by atoms with E-state index in [2.05, 4.69) is 28.4 Å². The molecule has 3 N–H and O–H groups in total. The number of rotatable bonds is 7. The van der Waals surface area contributed by atoms with E-state index in [9.17, 15) is 13.6 Å². The molecule has 0 bridgehead atoms. The first-order valence-corrected chi connectivity index (χ1v) is 10.2. The van der Waals surface area contributed by atoms with E-state index in [1.807, 2.05) is 6.20 Å². The summed E-state index contributed by atoms with van der Waals surface area (Å²) in [5.74, 6) is -1.57. The topological polar surface area (TPSA) is 90.9 Å². The SMILES string of the molecule is C=CC=N.C=CCc1c[nH]c2nccc(Oc3ccc(NC(=O)c4ccccc4F)cc3F)c12. The standard InChI is InChI=1S/C23H17F2N3O2.C3H5N/c1-2-5-14-13-27-22-21(14)20(10-11-26-22)30-19-9-8-15(12-18(19)25)28-23(29)16-6-3-4-7-17(16)24;1-2-3-4/h2-4,6-13H,1,5H2,(H,26,27)(H,28,29);2-4H,1H2. The summed E-state index contributed by atoms with van der Waals surface area (Å²) in [6.45, 7) is 6.97. The van der Waals surface area contributed by atoms with Crippen molar-refractivity contribution in [3.05, 3.63) is 109 Å². The maximum absolute atomic E-state index is 14.7. The number of allylic oxidation sites excluding steroid dienone is 2. The van der Waals surface area contributed by atoms with Crippen molar-refractivity contribution in [1.82, 2.24) is 9.97 Å². The molecule has 0 aliphatic rings. The van der Waals surface area contributed by atoms with Crippen molar-refractivity contribution in [2.24, 2.45) is 0 Å². The first-order chi connectivity index (χ1) is 16.5. The highest BCUT2D eigenvalue weighted by Crippen LogP contribution is 2.33. The Morgan fingerprint density at radius 3 is 2.56 bits per heavy atom. The molecule has 2 aromatic heterocycles. The number of carbonyl (C=O) groups is 1. The smallest absolute Gasteiger partial charge is 0.258 e. The summed E-state index contributed by atoms with van der Waals surface area (Å²) in [4.78, 5) is 19.5. The molecule has 6 nitrogen and oxygen atoms in total. The van der Waals surface area contributed by atoms with Crippen LogP contribution < -0.4 is 10.1 Å². The van der Waals surface area contributed by atoms with Gasteiger partial charge in [-0.25, -0.2) is 13.8 Å². The lowest BCUT2D eigenvalue weighted by molar-refractivity contribution is 0.102. The number of aromatic amines is 1. The van der Waals surface area contributed by atoms with Crippen LogP contribution in [0.3, 0.4) is 0 Å². The van der Waals surface area contributed by atoms with Crippen LogP contribution in [0.15, 0.2) is 86.2 Å². The molecule has 0 aliphatic heterocycles. The van der Waals surface area contributed by atoms with E-state index in [1.165, 1.54) is 36.4 Å². The van der Waals surface area contributed by atoms with Gasteiger partial charge in [-0.2, -0.15) is 0 Å².